The van der Waals surface area contributed by atoms with Gasteiger partial charge in [0.25, 0.3) is 0 Å². The summed E-state index contributed by atoms with van der Waals surface area (Å²) in [5.74, 6) is -0.129. The topological polar surface area (TPSA) is 67.2 Å². The Bertz CT molecular complexity index is 474. The Morgan fingerprint density at radius 1 is 1.41 bits per heavy atom. The standard InChI is InChI=1S/C12H17N3O2/c1-8(16)13-15-10-5-3-2-4-9(10)11(14-15)12(17)6-7-12/h17H,2-7H2,1H3,(H,13,16). The number of amides is 1. The van der Waals surface area contributed by atoms with Crippen molar-refractivity contribution in [1.29, 1.82) is 0 Å². The summed E-state index contributed by atoms with van der Waals surface area (Å²) >= 11 is 0. The minimum Gasteiger partial charge on any atom is -0.383 e. The van der Waals surface area contributed by atoms with Crippen molar-refractivity contribution in [2.45, 2.75) is 51.0 Å². The quantitative estimate of drug-likeness (QED) is 0.798. The number of hydrogen-bond acceptors (Lipinski definition) is 3. The molecule has 1 fully saturated rings. The van der Waals surface area contributed by atoms with Crippen molar-refractivity contribution in [3.63, 3.8) is 0 Å². The molecule has 3 rings (SSSR count). The van der Waals surface area contributed by atoms with Crippen LogP contribution in [0, 0.1) is 0 Å². The predicted molar refractivity (Wildman–Crippen MR) is 62.0 cm³/mol. The molecule has 1 amide bonds. The van der Waals surface area contributed by atoms with Gasteiger partial charge in [0.15, 0.2) is 0 Å². The molecule has 0 unspecified atom stereocenters. The van der Waals surface area contributed by atoms with E-state index < -0.39 is 5.60 Å². The van der Waals surface area contributed by atoms with Gasteiger partial charge < -0.3 is 5.11 Å². The number of nitrogens with zero attached hydrogens (tertiary/aromatic N) is 2. The second kappa shape index (κ2) is 3.57. The van der Waals surface area contributed by atoms with Crippen LogP contribution in [0.5, 0.6) is 0 Å². The Hall–Kier alpha value is -1.36. The van der Waals surface area contributed by atoms with Gasteiger partial charge in [-0.1, -0.05) is 0 Å². The molecule has 92 valence electrons. The zero-order chi connectivity index (χ0) is 12.0. The third-order valence-corrected chi connectivity index (χ3v) is 3.61. The molecular formula is C12H17N3O2. The second-order valence-electron chi connectivity index (χ2n) is 5.09. The van der Waals surface area contributed by atoms with Gasteiger partial charge in [-0.2, -0.15) is 9.89 Å². The highest BCUT2D eigenvalue weighted by Crippen LogP contribution is 2.47. The summed E-state index contributed by atoms with van der Waals surface area (Å²) in [6.07, 6.45) is 5.73. The summed E-state index contributed by atoms with van der Waals surface area (Å²) in [7, 11) is 0. The lowest BCUT2D eigenvalue weighted by atomic mass is 9.94. The van der Waals surface area contributed by atoms with Crippen LogP contribution in [-0.2, 0) is 23.2 Å². The lowest BCUT2D eigenvalue weighted by Crippen LogP contribution is -2.24. The molecule has 0 spiro atoms. The maximum absolute atomic E-state index is 11.1. The highest BCUT2D eigenvalue weighted by molar-refractivity contribution is 5.80. The Morgan fingerprint density at radius 2 is 2.12 bits per heavy atom. The molecule has 1 aromatic rings. The molecule has 1 heterocycles. The molecular weight excluding hydrogens is 218 g/mol. The van der Waals surface area contributed by atoms with Gasteiger partial charge in [-0.25, -0.2) is 5.43 Å². The lowest BCUT2D eigenvalue weighted by Gasteiger charge is -2.14. The summed E-state index contributed by atoms with van der Waals surface area (Å²) in [5.41, 5.74) is 5.01. The molecule has 0 aliphatic heterocycles. The SMILES string of the molecule is CC(=O)Nn1nc(C2(O)CC2)c2c1CCCC2. The number of carbonyl (C=O) groups excluding carboxylic acids is 1. The van der Waals surface area contributed by atoms with Crippen LogP contribution >= 0.6 is 0 Å². The number of fused-ring (bicyclic) bond motifs is 1. The van der Waals surface area contributed by atoms with E-state index in [1.165, 1.54) is 6.92 Å². The van der Waals surface area contributed by atoms with Gasteiger partial charge in [0, 0.05) is 12.5 Å². The van der Waals surface area contributed by atoms with Crippen LogP contribution in [0.25, 0.3) is 0 Å². The molecule has 2 N–H and O–H groups in total. The summed E-state index contributed by atoms with van der Waals surface area (Å²) in [5, 5.41) is 14.6. The number of carbonyl (C=O) groups is 1. The first kappa shape index (κ1) is 10.8. The van der Waals surface area contributed by atoms with E-state index in [4.69, 9.17) is 0 Å². The maximum Gasteiger partial charge on any atom is 0.236 e. The Kier molecular flexibility index (Phi) is 2.26. The molecule has 17 heavy (non-hydrogen) atoms. The van der Waals surface area contributed by atoms with Crippen LogP contribution in [0.2, 0.25) is 0 Å². The fourth-order valence-corrected chi connectivity index (χ4v) is 2.57. The molecule has 0 radical (unpaired) electrons. The number of hydrogen-bond donors (Lipinski definition) is 2. The van der Waals surface area contributed by atoms with Crippen molar-refractivity contribution in [2.75, 3.05) is 5.43 Å². The molecule has 0 bridgehead atoms. The summed E-state index contributed by atoms with van der Waals surface area (Å²) in [4.78, 5) is 12.7. The van der Waals surface area contributed by atoms with Crippen LogP contribution in [-0.4, -0.2) is 20.9 Å². The molecule has 0 aromatic carbocycles. The van der Waals surface area contributed by atoms with E-state index in [1.807, 2.05) is 0 Å². The maximum atomic E-state index is 11.1. The molecule has 1 saturated carbocycles. The second-order valence-corrected chi connectivity index (χ2v) is 5.09. The Morgan fingerprint density at radius 3 is 2.76 bits per heavy atom. The monoisotopic (exact) mass is 235 g/mol. The van der Waals surface area contributed by atoms with Gasteiger partial charge in [0.1, 0.15) is 5.60 Å². The van der Waals surface area contributed by atoms with Crippen molar-refractivity contribution in [1.82, 2.24) is 9.89 Å². The predicted octanol–water partition coefficient (Wildman–Crippen LogP) is 0.833. The zero-order valence-electron chi connectivity index (χ0n) is 9.99. The van der Waals surface area contributed by atoms with E-state index in [0.717, 1.165) is 55.5 Å². The summed E-state index contributed by atoms with van der Waals surface area (Å²) < 4.78 is 0. The van der Waals surface area contributed by atoms with E-state index >= 15 is 0 Å². The molecule has 2 aliphatic carbocycles. The lowest BCUT2D eigenvalue weighted by molar-refractivity contribution is -0.115. The van der Waals surface area contributed by atoms with E-state index in [0.29, 0.717) is 0 Å². The third-order valence-electron chi connectivity index (χ3n) is 3.61. The fraction of sp³-hybridized carbons (Fsp3) is 0.667. The Labute approximate surface area is 99.8 Å². The third kappa shape index (κ3) is 1.74. The summed E-state index contributed by atoms with van der Waals surface area (Å²) in [6.45, 7) is 1.47. The fourth-order valence-electron chi connectivity index (χ4n) is 2.57. The highest BCUT2D eigenvalue weighted by Gasteiger charge is 2.47. The van der Waals surface area contributed by atoms with Crippen LogP contribution < -0.4 is 5.43 Å². The van der Waals surface area contributed by atoms with Gasteiger partial charge in [0.2, 0.25) is 5.91 Å². The van der Waals surface area contributed by atoms with Crippen molar-refractivity contribution in [3.05, 3.63) is 17.0 Å². The molecule has 0 saturated heterocycles. The van der Waals surface area contributed by atoms with Gasteiger partial charge in [-0.15, -0.1) is 0 Å². The first-order valence-corrected chi connectivity index (χ1v) is 6.21. The number of aromatic nitrogens is 2. The molecule has 2 aliphatic rings. The van der Waals surface area contributed by atoms with Gasteiger partial charge in [0.05, 0.1) is 11.4 Å². The average Bonchev–Trinajstić information content (AvgIpc) is 2.92. The van der Waals surface area contributed by atoms with Crippen molar-refractivity contribution >= 4 is 5.91 Å². The first-order chi connectivity index (χ1) is 8.10. The van der Waals surface area contributed by atoms with Gasteiger partial charge in [-0.3, -0.25) is 4.79 Å². The molecule has 5 nitrogen and oxygen atoms in total. The largest absolute Gasteiger partial charge is 0.383 e. The van der Waals surface area contributed by atoms with E-state index in [9.17, 15) is 9.90 Å². The number of rotatable bonds is 2. The van der Waals surface area contributed by atoms with Crippen LogP contribution in [0.1, 0.15) is 49.6 Å². The average molecular weight is 235 g/mol. The zero-order valence-corrected chi connectivity index (χ0v) is 9.99. The van der Waals surface area contributed by atoms with Crippen LogP contribution in [0.15, 0.2) is 0 Å². The van der Waals surface area contributed by atoms with Crippen LogP contribution in [0.4, 0.5) is 0 Å². The van der Waals surface area contributed by atoms with E-state index in [2.05, 4.69) is 10.5 Å². The molecule has 0 atom stereocenters. The van der Waals surface area contributed by atoms with Gasteiger partial charge in [-0.05, 0) is 38.5 Å². The summed E-state index contributed by atoms with van der Waals surface area (Å²) in [6, 6.07) is 0. The number of aliphatic hydroxyl groups is 1. The number of nitrogens with one attached hydrogen (secondary N) is 1. The minimum absolute atomic E-state index is 0.129. The molecule has 5 heteroatoms. The Balaban J connectivity index is 2.04. The van der Waals surface area contributed by atoms with E-state index in [-0.39, 0.29) is 5.91 Å². The highest BCUT2D eigenvalue weighted by atomic mass is 16.3. The molecule has 1 aromatic heterocycles. The van der Waals surface area contributed by atoms with Crippen molar-refractivity contribution in [2.24, 2.45) is 0 Å². The normalized spacial score (nSPS) is 20.8. The van der Waals surface area contributed by atoms with E-state index in [1.54, 1.807) is 4.79 Å². The van der Waals surface area contributed by atoms with Gasteiger partial charge >= 0.3 is 0 Å². The first-order valence-electron chi connectivity index (χ1n) is 6.21. The van der Waals surface area contributed by atoms with Crippen molar-refractivity contribution in [3.8, 4) is 0 Å². The smallest absolute Gasteiger partial charge is 0.236 e. The van der Waals surface area contributed by atoms with Crippen LogP contribution in [0.3, 0.4) is 0 Å². The van der Waals surface area contributed by atoms with Crippen molar-refractivity contribution < 1.29 is 9.90 Å². The minimum atomic E-state index is -0.717.